The fourth-order valence-corrected chi connectivity index (χ4v) is 6.38. The third-order valence-electron chi connectivity index (χ3n) is 7.03. The number of carbonyl (C=O) groups excluding carboxylic acids is 1. The van der Waals surface area contributed by atoms with Crippen molar-refractivity contribution in [3.05, 3.63) is 84.9 Å². The quantitative estimate of drug-likeness (QED) is 0.365. The molecule has 0 saturated carbocycles. The van der Waals surface area contributed by atoms with Gasteiger partial charge in [0.1, 0.15) is 11.4 Å². The fourth-order valence-electron chi connectivity index (χ4n) is 5.01. The molecule has 0 fully saturated rings. The summed E-state index contributed by atoms with van der Waals surface area (Å²) in [4.78, 5) is 42.2. The van der Waals surface area contributed by atoms with E-state index in [0.29, 0.717) is 33.8 Å². The molecule has 5 rings (SSSR count). The minimum atomic E-state index is -0.472. The summed E-state index contributed by atoms with van der Waals surface area (Å²) in [6.07, 6.45) is 4.23. The maximum atomic E-state index is 13.7. The van der Waals surface area contributed by atoms with Crippen LogP contribution in [-0.2, 0) is 37.1 Å². The number of hydrogen-bond acceptors (Lipinski definition) is 6. The van der Waals surface area contributed by atoms with Gasteiger partial charge < -0.3 is 14.8 Å². The Morgan fingerprint density at radius 1 is 0.974 bits per heavy atom. The molecule has 0 spiro atoms. The Kier molecular flexibility index (Phi) is 7.37. The number of hydrogen-bond donors (Lipinski definition) is 1. The summed E-state index contributed by atoms with van der Waals surface area (Å²) in [5.74, 6) is 0.889. The first-order valence-electron chi connectivity index (χ1n) is 12.7. The SMILES string of the molecule is COc1ccc(CCn2c(=O)c3c4c(sc3n(CC(=O)Nc3ccc(C)cc3)c2=O)CCCC4)cc1OC. The van der Waals surface area contributed by atoms with Crippen LogP contribution in [-0.4, -0.2) is 29.3 Å². The molecule has 0 unspecified atom stereocenters. The van der Waals surface area contributed by atoms with E-state index in [1.165, 1.54) is 20.5 Å². The number of carbonyl (C=O) groups is 1. The highest BCUT2D eigenvalue weighted by Gasteiger charge is 2.24. The molecule has 1 amide bonds. The van der Waals surface area contributed by atoms with Gasteiger partial charge in [-0.05, 0) is 74.4 Å². The molecule has 4 aromatic rings. The Morgan fingerprint density at radius 3 is 2.45 bits per heavy atom. The molecular formula is C29H31N3O5S. The maximum absolute atomic E-state index is 13.7. The van der Waals surface area contributed by atoms with Crippen LogP contribution in [0, 0.1) is 6.92 Å². The van der Waals surface area contributed by atoms with E-state index in [1.54, 1.807) is 14.2 Å². The van der Waals surface area contributed by atoms with Crippen molar-refractivity contribution in [1.29, 1.82) is 0 Å². The Hall–Kier alpha value is -3.85. The zero-order valence-corrected chi connectivity index (χ0v) is 22.7. The molecule has 0 saturated heterocycles. The van der Waals surface area contributed by atoms with Gasteiger partial charge in [0.2, 0.25) is 5.91 Å². The number of anilines is 1. The van der Waals surface area contributed by atoms with Crippen LogP contribution in [0.5, 0.6) is 11.5 Å². The van der Waals surface area contributed by atoms with Gasteiger partial charge in [-0.25, -0.2) is 4.79 Å². The smallest absolute Gasteiger partial charge is 0.332 e. The lowest BCUT2D eigenvalue weighted by Gasteiger charge is -2.14. The first kappa shape index (κ1) is 25.8. The zero-order chi connectivity index (χ0) is 26.8. The van der Waals surface area contributed by atoms with Crippen LogP contribution in [0.3, 0.4) is 0 Å². The van der Waals surface area contributed by atoms with Crippen LogP contribution < -0.4 is 26.0 Å². The van der Waals surface area contributed by atoms with Crippen LogP contribution in [0.2, 0.25) is 0 Å². The van der Waals surface area contributed by atoms with Gasteiger partial charge in [0.15, 0.2) is 11.5 Å². The molecule has 0 atom stereocenters. The highest BCUT2D eigenvalue weighted by Crippen LogP contribution is 2.34. The molecule has 198 valence electrons. The van der Waals surface area contributed by atoms with Gasteiger partial charge in [-0.3, -0.25) is 18.7 Å². The van der Waals surface area contributed by atoms with Crippen molar-refractivity contribution in [2.24, 2.45) is 0 Å². The minimum Gasteiger partial charge on any atom is -0.493 e. The van der Waals surface area contributed by atoms with Crippen molar-refractivity contribution in [3.63, 3.8) is 0 Å². The Balaban J connectivity index is 1.53. The minimum absolute atomic E-state index is 0.167. The molecule has 8 nitrogen and oxygen atoms in total. The van der Waals surface area contributed by atoms with Crippen LogP contribution in [0.25, 0.3) is 10.2 Å². The molecule has 0 aliphatic heterocycles. The Labute approximate surface area is 224 Å². The van der Waals surface area contributed by atoms with Gasteiger partial charge in [0.05, 0.1) is 19.6 Å². The average Bonchev–Trinajstić information content (AvgIpc) is 3.32. The second kappa shape index (κ2) is 10.9. The fraction of sp³-hybridized carbons (Fsp3) is 0.345. The molecule has 0 radical (unpaired) electrons. The normalized spacial score (nSPS) is 12.8. The van der Waals surface area contributed by atoms with Gasteiger partial charge in [-0.2, -0.15) is 0 Å². The van der Waals surface area contributed by atoms with E-state index in [2.05, 4.69) is 5.32 Å². The molecule has 38 heavy (non-hydrogen) atoms. The number of nitrogens with one attached hydrogen (secondary N) is 1. The van der Waals surface area contributed by atoms with Crippen LogP contribution in [0.15, 0.2) is 52.1 Å². The number of fused-ring (bicyclic) bond motifs is 3. The van der Waals surface area contributed by atoms with Crippen molar-refractivity contribution in [1.82, 2.24) is 9.13 Å². The number of aryl methyl sites for hydroxylation is 4. The summed E-state index contributed by atoms with van der Waals surface area (Å²) in [6, 6.07) is 13.1. The van der Waals surface area contributed by atoms with E-state index in [4.69, 9.17) is 9.47 Å². The number of benzene rings is 2. The van der Waals surface area contributed by atoms with E-state index in [0.717, 1.165) is 47.3 Å². The van der Waals surface area contributed by atoms with Gasteiger partial charge in [-0.15, -0.1) is 11.3 Å². The van der Waals surface area contributed by atoms with E-state index >= 15 is 0 Å². The van der Waals surface area contributed by atoms with Crippen molar-refractivity contribution < 1.29 is 14.3 Å². The third kappa shape index (κ3) is 4.98. The highest BCUT2D eigenvalue weighted by molar-refractivity contribution is 7.18. The molecule has 1 aliphatic rings. The summed E-state index contributed by atoms with van der Waals surface area (Å²) in [5, 5.41) is 3.46. The second-order valence-corrected chi connectivity index (χ2v) is 10.7. The highest BCUT2D eigenvalue weighted by atomic mass is 32.1. The average molecular weight is 534 g/mol. The third-order valence-corrected chi connectivity index (χ3v) is 8.34. The largest absolute Gasteiger partial charge is 0.493 e. The topological polar surface area (TPSA) is 91.6 Å². The van der Waals surface area contributed by atoms with E-state index in [-0.39, 0.29) is 24.6 Å². The van der Waals surface area contributed by atoms with Crippen molar-refractivity contribution >= 4 is 33.1 Å². The van der Waals surface area contributed by atoms with Gasteiger partial charge in [0, 0.05) is 17.1 Å². The number of amides is 1. The lowest BCUT2D eigenvalue weighted by molar-refractivity contribution is -0.116. The van der Waals surface area contributed by atoms with Crippen molar-refractivity contribution in [3.8, 4) is 11.5 Å². The van der Waals surface area contributed by atoms with Crippen molar-refractivity contribution in [2.75, 3.05) is 19.5 Å². The first-order valence-corrected chi connectivity index (χ1v) is 13.6. The van der Waals surface area contributed by atoms with Gasteiger partial charge in [0.25, 0.3) is 5.56 Å². The Morgan fingerprint density at radius 2 is 1.71 bits per heavy atom. The zero-order valence-electron chi connectivity index (χ0n) is 21.8. The van der Waals surface area contributed by atoms with Crippen LogP contribution in [0.1, 0.15) is 34.4 Å². The first-order chi connectivity index (χ1) is 18.4. The number of methoxy groups -OCH3 is 2. The van der Waals surface area contributed by atoms with E-state index in [1.807, 2.05) is 49.4 Å². The molecule has 1 aliphatic carbocycles. The summed E-state index contributed by atoms with van der Waals surface area (Å²) >= 11 is 1.48. The number of ether oxygens (including phenoxy) is 2. The second-order valence-electron chi connectivity index (χ2n) is 9.57. The van der Waals surface area contributed by atoms with Gasteiger partial charge >= 0.3 is 5.69 Å². The number of thiophene rings is 1. The maximum Gasteiger partial charge on any atom is 0.332 e. The molecule has 2 aromatic heterocycles. The van der Waals surface area contributed by atoms with E-state index < -0.39 is 5.69 Å². The molecular weight excluding hydrogens is 502 g/mol. The van der Waals surface area contributed by atoms with Gasteiger partial charge in [-0.1, -0.05) is 23.8 Å². The lowest BCUT2D eigenvalue weighted by Crippen LogP contribution is -2.42. The predicted molar refractivity (Wildman–Crippen MR) is 150 cm³/mol. The number of rotatable bonds is 8. The molecule has 0 bridgehead atoms. The van der Waals surface area contributed by atoms with Crippen LogP contribution >= 0.6 is 11.3 Å². The monoisotopic (exact) mass is 533 g/mol. The standard InChI is InChI=1S/C29H31N3O5S/c1-18-8-11-20(12-9-18)30-25(33)17-32-28-26(21-6-4-5-7-24(21)38-28)27(34)31(29(32)35)15-14-19-10-13-22(36-2)23(16-19)37-3/h8-13,16H,4-7,14-15,17H2,1-3H3,(H,30,33). The molecule has 1 N–H and O–H groups in total. The summed E-state index contributed by atoms with van der Waals surface area (Å²) in [7, 11) is 3.14. The predicted octanol–water partition coefficient (Wildman–Crippen LogP) is 4.31. The summed E-state index contributed by atoms with van der Waals surface area (Å²) in [5.41, 5.74) is 2.95. The lowest BCUT2D eigenvalue weighted by atomic mass is 9.97. The summed E-state index contributed by atoms with van der Waals surface area (Å²) < 4.78 is 13.5. The molecule has 2 aromatic carbocycles. The molecule has 2 heterocycles. The Bertz CT molecular complexity index is 1610. The van der Waals surface area contributed by atoms with E-state index in [9.17, 15) is 14.4 Å². The summed E-state index contributed by atoms with van der Waals surface area (Å²) in [6.45, 7) is 2.00. The number of nitrogens with zero attached hydrogens (tertiary/aromatic N) is 2. The molecule has 9 heteroatoms. The van der Waals surface area contributed by atoms with Crippen molar-refractivity contribution in [2.45, 2.75) is 52.1 Å². The number of aromatic nitrogens is 2. The van der Waals surface area contributed by atoms with Crippen LogP contribution in [0.4, 0.5) is 5.69 Å².